The highest BCUT2D eigenvalue weighted by atomic mass is 16.7. The first-order chi connectivity index (χ1) is 17.7. The maximum atomic E-state index is 13.5. The van der Waals surface area contributed by atoms with E-state index in [1.54, 1.807) is 0 Å². The standard InChI is InChI=1S/C33H34N2O2/c1-22-16-23(2)18-27(17-22)35-24(3)19-28-29(20-33(4,5)21-30(28)35)34-37-32(36)31(25-12-8-6-9-13-25)26-14-10-7-11-15-26/h6-19,31H,20-21H2,1-5H3/b34-29+. The van der Waals surface area contributed by atoms with Crippen LogP contribution in [0.3, 0.4) is 0 Å². The summed E-state index contributed by atoms with van der Waals surface area (Å²) in [6.45, 7) is 10.9. The summed E-state index contributed by atoms with van der Waals surface area (Å²) in [5.74, 6) is -0.912. The lowest BCUT2D eigenvalue weighted by atomic mass is 9.76. The van der Waals surface area contributed by atoms with Crippen molar-refractivity contribution in [1.29, 1.82) is 0 Å². The Balaban J connectivity index is 1.53. The number of fused-ring (bicyclic) bond motifs is 1. The van der Waals surface area contributed by atoms with Crippen LogP contribution in [-0.4, -0.2) is 16.2 Å². The van der Waals surface area contributed by atoms with Gasteiger partial charge in [0.05, 0.1) is 5.71 Å². The van der Waals surface area contributed by atoms with Gasteiger partial charge in [-0.25, -0.2) is 4.79 Å². The summed E-state index contributed by atoms with van der Waals surface area (Å²) in [4.78, 5) is 19.2. The highest BCUT2D eigenvalue weighted by Gasteiger charge is 2.34. The molecule has 5 rings (SSSR count). The third-order valence-corrected chi connectivity index (χ3v) is 7.10. The van der Waals surface area contributed by atoms with Crippen molar-refractivity contribution < 1.29 is 9.63 Å². The van der Waals surface area contributed by atoms with Crippen LogP contribution in [0.2, 0.25) is 0 Å². The van der Waals surface area contributed by atoms with Gasteiger partial charge < -0.3 is 9.40 Å². The minimum atomic E-state index is -0.538. The number of hydrogen-bond donors (Lipinski definition) is 0. The van der Waals surface area contributed by atoms with Gasteiger partial charge in [-0.15, -0.1) is 0 Å². The molecule has 1 aromatic heterocycles. The van der Waals surface area contributed by atoms with Crippen LogP contribution < -0.4 is 0 Å². The van der Waals surface area contributed by atoms with E-state index in [1.807, 2.05) is 60.7 Å². The molecule has 0 bridgehead atoms. The topological polar surface area (TPSA) is 43.6 Å². The molecule has 1 aliphatic carbocycles. The van der Waals surface area contributed by atoms with Crippen molar-refractivity contribution in [2.24, 2.45) is 10.6 Å². The van der Waals surface area contributed by atoms with E-state index in [4.69, 9.17) is 4.84 Å². The Kier molecular flexibility index (Phi) is 6.59. The van der Waals surface area contributed by atoms with Crippen LogP contribution >= 0.6 is 0 Å². The molecule has 3 aromatic carbocycles. The average Bonchev–Trinajstić information content (AvgIpc) is 3.18. The molecule has 4 heteroatoms. The van der Waals surface area contributed by atoms with Gasteiger partial charge in [0.15, 0.2) is 0 Å². The van der Waals surface area contributed by atoms with Crippen molar-refractivity contribution >= 4 is 11.7 Å². The SMILES string of the molecule is Cc1cc(C)cc(-n2c(C)cc3c2CC(C)(C)C/C3=N\OC(=O)C(c2ccccc2)c2ccccc2)c1. The Labute approximate surface area is 219 Å². The molecule has 0 spiro atoms. The van der Waals surface area contributed by atoms with E-state index in [-0.39, 0.29) is 11.4 Å². The highest BCUT2D eigenvalue weighted by molar-refractivity contribution is 6.03. The number of carbonyl (C=O) groups excluding carboxylic acids is 1. The molecule has 37 heavy (non-hydrogen) atoms. The number of nitrogens with zero attached hydrogens (tertiary/aromatic N) is 2. The maximum absolute atomic E-state index is 13.5. The molecular weight excluding hydrogens is 456 g/mol. The van der Waals surface area contributed by atoms with Crippen LogP contribution in [-0.2, 0) is 16.1 Å². The van der Waals surface area contributed by atoms with Crippen LogP contribution in [0.5, 0.6) is 0 Å². The van der Waals surface area contributed by atoms with Crippen molar-refractivity contribution in [2.75, 3.05) is 0 Å². The van der Waals surface area contributed by atoms with Gasteiger partial charge in [-0.2, -0.15) is 0 Å². The van der Waals surface area contributed by atoms with Gasteiger partial charge in [0.2, 0.25) is 0 Å². The molecule has 1 heterocycles. The minimum Gasteiger partial charge on any atom is -0.318 e. The van der Waals surface area contributed by atoms with Gasteiger partial charge in [-0.05, 0) is 79.5 Å². The number of hydrogen-bond acceptors (Lipinski definition) is 3. The molecule has 4 aromatic rings. The van der Waals surface area contributed by atoms with Crippen molar-refractivity contribution in [3.05, 3.63) is 124 Å². The van der Waals surface area contributed by atoms with Crippen LogP contribution in [0.4, 0.5) is 0 Å². The monoisotopic (exact) mass is 490 g/mol. The molecule has 0 N–H and O–H groups in total. The number of rotatable bonds is 5. The van der Waals surface area contributed by atoms with Crippen LogP contribution in [0.1, 0.15) is 65.4 Å². The fraction of sp³-hybridized carbons (Fsp3) is 0.273. The summed E-state index contributed by atoms with van der Waals surface area (Å²) in [5, 5.41) is 4.53. The molecule has 0 amide bonds. The largest absolute Gasteiger partial charge is 0.346 e. The Hall–Kier alpha value is -3.92. The van der Waals surface area contributed by atoms with Gasteiger partial charge in [-0.3, -0.25) is 0 Å². The third-order valence-electron chi connectivity index (χ3n) is 7.10. The van der Waals surface area contributed by atoms with Crippen molar-refractivity contribution in [3.8, 4) is 5.69 Å². The summed E-state index contributed by atoms with van der Waals surface area (Å²) in [6.07, 6.45) is 1.66. The normalized spacial score (nSPS) is 15.6. The van der Waals surface area contributed by atoms with Crippen LogP contribution in [0.15, 0.2) is 90.1 Å². The molecule has 0 aliphatic heterocycles. The number of aryl methyl sites for hydroxylation is 3. The van der Waals surface area contributed by atoms with E-state index in [0.717, 1.165) is 40.9 Å². The first-order valence-electron chi connectivity index (χ1n) is 12.9. The van der Waals surface area contributed by atoms with E-state index in [2.05, 4.69) is 68.6 Å². The van der Waals surface area contributed by atoms with Gasteiger partial charge in [0.25, 0.3) is 0 Å². The van der Waals surface area contributed by atoms with Gasteiger partial charge in [0.1, 0.15) is 5.92 Å². The second-order valence-electron chi connectivity index (χ2n) is 11.0. The zero-order chi connectivity index (χ0) is 26.2. The van der Waals surface area contributed by atoms with Crippen molar-refractivity contribution in [3.63, 3.8) is 0 Å². The summed E-state index contributed by atoms with van der Waals surface area (Å²) >= 11 is 0. The molecule has 0 atom stereocenters. The Morgan fingerprint density at radius 3 is 1.97 bits per heavy atom. The first-order valence-corrected chi connectivity index (χ1v) is 12.9. The Morgan fingerprint density at radius 2 is 1.41 bits per heavy atom. The molecule has 4 nitrogen and oxygen atoms in total. The van der Waals surface area contributed by atoms with Crippen molar-refractivity contribution in [2.45, 2.75) is 53.4 Å². The summed E-state index contributed by atoms with van der Waals surface area (Å²) < 4.78 is 2.34. The third kappa shape index (κ3) is 5.15. The number of aromatic nitrogens is 1. The lowest BCUT2D eigenvalue weighted by Gasteiger charge is -2.31. The Morgan fingerprint density at radius 1 is 0.838 bits per heavy atom. The summed E-state index contributed by atoms with van der Waals surface area (Å²) in [6, 6.07) is 28.3. The van der Waals surface area contributed by atoms with E-state index >= 15 is 0 Å². The molecule has 0 unspecified atom stereocenters. The molecule has 1 aliphatic rings. The number of carbonyl (C=O) groups is 1. The van der Waals surface area contributed by atoms with Gasteiger partial charge >= 0.3 is 5.97 Å². The average molecular weight is 491 g/mol. The smallest absolute Gasteiger partial charge is 0.318 e. The number of oxime groups is 1. The fourth-order valence-electron chi connectivity index (χ4n) is 5.61. The predicted molar refractivity (Wildman–Crippen MR) is 149 cm³/mol. The van der Waals surface area contributed by atoms with E-state index in [1.165, 1.54) is 22.5 Å². The molecule has 0 saturated carbocycles. The van der Waals surface area contributed by atoms with Crippen LogP contribution in [0, 0.1) is 26.2 Å². The quantitative estimate of drug-likeness (QED) is 0.215. The predicted octanol–water partition coefficient (Wildman–Crippen LogP) is 7.45. The van der Waals surface area contributed by atoms with Crippen LogP contribution in [0.25, 0.3) is 5.69 Å². The number of benzene rings is 3. The highest BCUT2D eigenvalue weighted by Crippen LogP contribution is 2.38. The summed E-state index contributed by atoms with van der Waals surface area (Å²) in [5.41, 5.74) is 9.67. The minimum absolute atomic E-state index is 0.0160. The molecule has 0 fully saturated rings. The Bertz CT molecular complexity index is 1400. The lowest BCUT2D eigenvalue weighted by Crippen LogP contribution is -2.29. The first kappa shape index (κ1) is 24.8. The lowest BCUT2D eigenvalue weighted by molar-refractivity contribution is -0.144. The summed E-state index contributed by atoms with van der Waals surface area (Å²) in [7, 11) is 0. The molecule has 0 radical (unpaired) electrons. The zero-order valence-electron chi connectivity index (χ0n) is 22.3. The van der Waals surface area contributed by atoms with E-state index in [0.29, 0.717) is 0 Å². The maximum Gasteiger partial charge on any atom is 0.346 e. The molecule has 188 valence electrons. The van der Waals surface area contributed by atoms with E-state index in [9.17, 15) is 4.79 Å². The molecule has 0 saturated heterocycles. The van der Waals surface area contributed by atoms with Crippen molar-refractivity contribution in [1.82, 2.24) is 4.57 Å². The van der Waals surface area contributed by atoms with E-state index < -0.39 is 5.92 Å². The van der Waals surface area contributed by atoms with Gasteiger partial charge in [0, 0.05) is 22.6 Å². The van der Waals surface area contributed by atoms with Gasteiger partial charge in [-0.1, -0.05) is 85.7 Å². The second kappa shape index (κ2) is 9.85. The zero-order valence-corrected chi connectivity index (χ0v) is 22.3. The molecular formula is C33H34N2O2. The fourth-order valence-corrected chi connectivity index (χ4v) is 5.61. The second-order valence-corrected chi connectivity index (χ2v) is 11.0.